The lowest BCUT2D eigenvalue weighted by molar-refractivity contribution is 0.420. The Morgan fingerprint density at radius 3 is 2.60 bits per heavy atom. The van der Waals surface area contributed by atoms with E-state index in [2.05, 4.69) is 15.8 Å². The molecule has 0 amide bonds. The van der Waals surface area contributed by atoms with Gasteiger partial charge in [0.2, 0.25) is 0 Å². The van der Waals surface area contributed by atoms with Gasteiger partial charge < -0.3 is 10.1 Å². The number of aryl methyl sites for hydroxylation is 1. The van der Waals surface area contributed by atoms with Crippen molar-refractivity contribution in [2.45, 2.75) is 6.92 Å². The van der Waals surface area contributed by atoms with Gasteiger partial charge in [0.25, 0.3) is 0 Å². The molecule has 0 fully saturated rings. The highest BCUT2D eigenvalue weighted by Crippen LogP contribution is 2.27. The number of rotatable bonds is 4. The minimum absolute atomic E-state index is 0.444. The molecule has 0 aromatic heterocycles. The second kappa shape index (κ2) is 7.77. The van der Waals surface area contributed by atoms with E-state index in [1.165, 1.54) is 5.56 Å². The molecule has 3 rings (SSSR count). The molecule has 3 aromatic carbocycles. The van der Waals surface area contributed by atoms with Crippen LogP contribution in [-0.2, 0) is 0 Å². The first-order valence-corrected chi connectivity index (χ1v) is 8.30. The normalized spacial score (nSPS) is 10.8. The fraction of sp³-hybridized carbons (Fsp3) is 0.100. The number of benzene rings is 3. The number of ether oxygens (including phenoxy) is 1. The maximum atomic E-state index is 5.41. The van der Waals surface area contributed by atoms with Crippen molar-refractivity contribution in [3.8, 4) is 5.75 Å². The molecule has 0 heterocycles. The monoisotopic (exact) mass is 349 g/mol. The van der Waals surface area contributed by atoms with Crippen LogP contribution in [0.4, 0.5) is 5.69 Å². The Kier molecular flexibility index (Phi) is 5.26. The number of anilines is 1. The summed E-state index contributed by atoms with van der Waals surface area (Å²) in [5.74, 6) is 0.845. The minimum Gasteiger partial charge on any atom is -0.496 e. The van der Waals surface area contributed by atoms with E-state index in [0.29, 0.717) is 5.11 Å². The molecule has 0 saturated heterocycles. The van der Waals surface area contributed by atoms with Crippen LogP contribution in [0.3, 0.4) is 0 Å². The van der Waals surface area contributed by atoms with E-state index in [1.54, 1.807) is 13.3 Å². The number of methoxy groups -OCH3 is 1. The van der Waals surface area contributed by atoms with Crippen molar-refractivity contribution in [2.75, 3.05) is 12.4 Å². The third-order valence-corrected chi connectivity index (χ3v) is 3.98. The molecule has 0 aliphatic carbocycles. The predicted molar refractivity (Wildman–Crippen MR) is 109 cm³/mol. The summed E-state index contributed by atoms with van der Waals surface area (Å²) in [7, 11) is 1.67. The molecule has 25 heavy (non-hydrogen) atoms. The summed E-state index contributed by atoms with van der Waals surface area (Å²) in [5.41, 5.74) is 5.94. The molecule has 0 atom stereocenters. The van der Waals surface area contributed by atoms with Crippen molar-refractivity contribution in [3.05, 3.63) is 71.8 Å². The summed E-state index contributed by atoms with van der Waals surface area (Å²) in [6.45, 7) is 2.04. The van der Waals surface area contributed by atoms with Gasteiger partial charge in [-0.25, -0.2) is 0 Å². The SMILES string of the molecule is COc1ccc(/C=N/NC(=S)Nc2cccc(C)c2)c2ccccc12. The van der Waals surface area contributed by atoms with Crippen LogP contribution >= 0.6 is 12.2 Å². The van der Waals surface area contributed by atoms with E-state index < -0.39 is 0 Å². The minimum atomic E-state index is 0.444. The third kappa shape index (κ3) is 4.14. The van der Waals surface area contributed by atoms with Gasteiger partial charge in [0.15, 0.2) is 5.11 Å². The Morgan fingerprint density at radius 2 is 1.84 bits per heavy atom. The Balaban J connectivity index is 1.72. The quantitative estimate of drug-likeness (QED) is 0.414. The highest BCUT2D eigenvalue weighted by atomic mass is 32.1. The van der Waals surface area contributed by atoms with Crippen LogP contribution in [0.25, 0.3) is 10.8 Å². The van der Waals surface area contributed by atoms with Crippen LogP contribution in [0.1, 0.15) is 11.1 Å². The maximum Gasteiger partial charge on any atom is 0.191 e. The van der Waals surface area contributed by atoms with Crippen LogP contribution in [0.5, 0.6) is 5.75 Å². The molecule has 5 heteroatoms. The van der Waals surface area contributed by atoms with E-state index in [4.69, 9.17) is 17.0 Å². The molecule has 0 unspecified atom stereocenters. The van der Waals surface area contributed by atoms with Crippen molar-refractivity contribution in [2.24, 2.45) is 5.10 Å². The van der Waals surface area contributed by atoms with E-state index in [0.717, 1.165) is 27.8 Å². The molecule has 2 N–H and O–H groups in total. The standard InChI is InChI=1S/C20H19N3OS/c1-14-6-5-7-16(12-14)22-20(25)23-21-13-15-10-11-19(24-2)18-9-4-3-8-17(15)18/h3-13H,1-2H3,(H2,22,23,25)/b21-13+. The van der Waals surface area contributed by atoms with Gasteiger partial charge in [-0.3, -0.25) is 5.43 Å². The Morgan fingerprint density at radius 1 is 1.04 bits per heavy atom. The first-order valence-electron chi connectivity index (χ1n) is 7.90. The molecule has 0 aliphatic heterocycles. The lowest BCUT2D eigenvalue weighted by Gasteiger charge is -2.09. The third-order valence-electron chi connectivity index (χ3n) is 3.78. The van der Waals surface area contributed by atoms with Gasteiger partial charge in [-0.1, -0.05) is 36.4 Å². The molecule has 0 radical (unpaired) electrons. The second-order valence-electron chi connectivity index (χ2n) is 5.60. The van der Waals surface area contributed by atoms with Crippen LogP contribution < -0.4 is 15.5 Å². The predicted octanol–water partition coefficient (Wildman–Crippen LogP) is 4.48. The highest BCUT2D eigenvalue weighted by Gasteiger charge is 2.04. The van der Waals surface area contributed by atoms with Crippen molar-refractivity contribution >= 4 is 40.0 Å². The zero-order valence-electron chi connectivity index (χ0n) is 14.1. The van der Waals surface area contributed by atoms with Gasteiger partial charge in [0, 0.05) is 16.6 Å². The van der Waals surface area contributed by atoms with E-state index in [1.807, 2.05) is 67.6 Å². The van der Waals surface area contributed by atoms with Gasteiger partial charge in [0.1, 0.15) is 5.75 Å². The molecule has 3 aromatic rings. The van der Waals surface area contributed by atoms with Gasteiger partial charge in [-0.15, -0.1) is 0 Å². The average Bonchev–Trinajstić information content (AvgIpc) is 2.62. The fourth-order valence-corrected chi connectivity index (χ4v) is 2.80. The van der Waals surface area contributed by atoms with Crippen molar-refractivity contribution in [1.82, 2.24) is 5.43 Å². The second-order valence-corrected chi connectivity index (χ2v) is 6.00. The first kappa shape index (κ1) is 16.9. The molecule has 0 spiro atoms. The van der Waals surface area contributed by atoms with Gasteiger partial charge in [-0.05, 0) is 54.4 Å². The van der Waals surface area contributed by atoms with Gasteiger partial charge in [0.05, 0.1) is 13.3 Å². The summed E-state index contributed by atoms with van der Waals surface area (Å²) in [6.07, 6.45) is 1.76. The molecule has 0 aliphatic rings. The van der Waals surface area contributed by atoms with Crippen molar-refractivity contribution < 1.29 is 4.74 Å². The van der Waals surface area contributed by atoms with Gasteiger partial charge in [-0.2, -0.15) is 5.10 Å². The lowest BCUT2D eigenvalue weighted by Crippen LogP contribution is -2.23. The first-order chi connectivity index (χ1) is 12.2. The number of hydrogen-bond donors (Lipinski definition) is 2. The number of nitrogens with one attached hydrogen (secondary N) is 2. The molecule has 4 nitrogen and oxygen atoms in total. The smallest absolute Gasteiger partial charge is 0.191 e. The summed E-state index contributed by atoms with van der Waals surface area (Å²) in [6, 6.07) is 20.0. The lowest BCUT2D eigenvalue weighted by atomic mass is 10.0. The zero-order valence-corrected chi connectivity index (χ0v) is 14.9. The van der Waals surface area contributed by atoms with E-state index >= 15 is 0 Å². The summed E-state index contributed by atoms with van der Waals surface area (Å²) in [4.78, 5) is 0. The fourth-order valence-electron chi connectivity index (χ4n) is 2.63. The largest absolute Gasteiger partial charge is 0.496 e. The number of nitrogens with zero attached hydrogens (tertiary/aromatic N) is 1. The van der Waals surface area contributed by atoms with Crippen LogP contribution in [0.15, 0.2) is 65.8 Å². The maximum absolute atomic E-state index is 5.41. The molecule has 0 bridgehead atoms. The van der Waals surface area contributed by atoms with Crippen molar-refractivity contribution in [1.29, 1.82) is 0 Å². The summed E-state index contributed by atoms with van der Waals surface area (Å²) < 4.78 is 5.41. The van der Waals surface area contributed by atoms with E-state index in [-0.39, 0.29) is 0 Å². The topological polar surface area (TPSA) is 45.6 Å². The number of hydrogen-bond acceptors (Lipinski definition) is 3. The number of fused-ring (bicyclic) bond motifs is 1. The molecular weight excluding hydrogens is 330 g/mol. The number of hydrazone groups is 1. The van der Waals surface area contributed by atoms with Crippen LogP contribution in [0.2, 0.25) is 0 Å². The van der Waals surface area contributed by atoms with Crippen LogP contribution in [0, 0.1) is 6.92 Å². The van der Waals surface area contributed by atoms with Crippen LogP contribution in [-0.4, -0.2) is 18.4 Å². The highest BCUT2D eigenvalue weighted by molar-refractivity contribution is 7.80. The molecular formula is C20H19N3OS. The summed E-state index contributed by atoms with van der Waals surface area (Å²) >= 11 is 5.27. The van der Waals surface area contributed by atoms with Crippen molar-refractivity contribution in [3.63, 3.8) is 0 Å². The Bertz CT molecular complexity index is 937. The Hall–Kier alpha value is -2.92. The average molecular weight is 349 g/mol. The molecule has 126 valence electrons. The van der Waals surface area contributed by atoms with Gasteiger partial charge >= 0.3 is 0 Å². The Labute approximate surface area is 152 Å². The molecule has 0 saturated carbocycles. The van der Waals surface area contributed by atoms with E-state index in [9.17, 15) is 0 Å². The summed E-state index contributed by atoms with van der Waals surface area (Å²) in [5, 5.41) is 9.93. The number of thiocarbonyl (C=S) groups is 1. The zero-order chi connectivity index (χ0) is 17.6.